The Labute approximate surface area is 135 Å². The number of ether oxygens (including phenoxy) is 1. The zero-order valence-electron chi connectivity index (χ0n) is 13.6. The number of amides is 1. The Kier molecular flexibility index (Phi) is 5.39. The Morgan fingerprint density at radius 2 is 2.17 bits per heavy atom. The standard InChI is InChI=1S/C17H22N2O4/c1-5-9-22-17(21)18-12(6-2)14(20)16-19-13-10(3)7-8-11(4)15(13)23-16/h5,7-8,12,14,20H,1,6,9H2,2-4H3,(H,18,21). The van der Waals surface area contributed by atoms with Crippen molar-refractivity contribution in [1.29, 1.82) is 0 Å². The molecule has 2 N–H and O–H groups in total. The maximum absolute atomic E-state index is 11.6. The summed E-state index contributed by atoms with van der Waals surface area (Å²) < 4.78 is 10.6. The average Bonchev–Trinajstić information content (AvgIpc) is 3.00. The number of carbonyl (C=O) groups is 1. The fourth-order valence-electron chi connectivity index (χ4n) is 2.31. The van der Waals surface area contributed by atoms with Gasteiger partial charge in [-0.1, -0.05) is 31.7 Å². The van der Waals surface area contributed by atoms with Crippen LogP contribution in [0.4, 0.5) is 4.79 Å². The van der Waals surface area contributed by atoms with Crippen molar-refractivity contribution in [2.45, 2.75) is 39.3 Å². The molecule has 0 bridgehead atoms. The molecular weight excluding hydrogens is 296 g/mol. The lowest BCUT2D eigenvalue weighted by Crippen LogP contribution is -2.39. The minimum absolute atomic E-state index is 0.111. The third-order valence-electron chi connectivity index (χ3n) is 3.67. The van der Waals surface area contributed by atoms with E-state index in [4.69, 9.17) is 9.15 Å². The van der Waals surface area contributed by atoms with Gasteiger partial charge in [-0.25, -0.2) is 9.78 Å². The molecule has 1 aromatic carbocycles. The number of hydrogen-bond acceptors (Lipinski definition) is 5. The van der Waals surface area contributed by atoms with Gasteiger partial charge in [0.15, 0.2) is 11.7 Å². The van der Waals surface area contributed by atoms with Gasteiger partial charge in [-0.15, -0.1) is 0 Å². The van der Waals surface area contributed by atoms with Crippen LogP contribution in [0.3, 0.4) is 0 Å². The number of nitrogens with zero attached hydrogens (tertiary/aromatic N) is 1. The van der Waals surface area contributed by atoms with Crippen LogP contribution in [-0.4, -0.2) is 28.8 Å². The minimum Gasteiger partial charge on any atom is -0.445 e. The molecule has 0 aliphatic rings. The third kappa shape index (κ3) is 3.71. The molecule has 0 saturated heterocycles. The van der Waals surface area contributed by atoms with Gasteiger partial charge in [0.2, 0.25) is 5.89 Å². The van der Waals surface area contributed by atoms with Crippen molar-refractivity contribution in [1.82, 2.24) is 10.3 Å². The van der Waals surface area contributed by atoms with Gasteiger partial charge in [0, 0.05) is 0 Å². The molecule has 2 rings (SSSR count). The topological polar surface area (TPSA) is 84.6 Å². The lowest BCUT2D eigenvalue weighted by Gasteiger charge is -2.20. The molecule has 1 heterocycles. The molecule has 6 nitrogen and oxygen atoms in total. The van der Waals surface area contributed by atoms with E-state index in [1.54, 1.807) is 0 Å². The second-order valence-corrected chi connectivity index (χ2v) is 5.42. The van der Waals surface area contributed by atoms with Crippen molar-refractivity contribution in [3.05, 3.63) is 41.8 Å². The highest BCUT2D eigenvalue weighted by molar-refractivity contribution is 5.79. The summed E-state index contributed by atoms with van der Waals surface area (Å²) in [6, 6.07) is 3.35. The maximum Gasteiger partial charge on any atom is 0.407 e. The van der Waals surface area contributed by atoms with Crippen molar-refractivity contribution in [3.63, 3.8) is 0 Å². The molecule has 23 heavy (non-hydrogen) atoms. The molecule has 0 saturated carbocycles. The van der Waals surface area contributed by atoms with Crippen LogP contribution >= 0.6 is 0 Å². The summed E-state index contributed by atoms with van der Waals surface area (Å²) in [5.41, 5.74) is 3.30. The Balaban J connectivity index is 2.22. The fraction of sp³-hybridized carbons (Fsp3) is 0.412. The molecule has 2 atom stereocenters. The van der Waals surface area contributed by atoms with Gasteiger partial charge in [-0.2, -0.15) is 0 Å². The first-order valence-corrected chi connectivity index (χ1v) is 7.56. The predicted molar refractivity (Wildman–Crippen MR) is 87.2 cm³/mol. The van der Waals surface area contributed by atoms with Gasteiger partial charge >= 0.3 is 6.09 Å². The highest BCUT2D eigenvalue weighted by Gasteiger charge is 2.27. The molecule has 124 valence electrons. The van der Waals surface area contributed by atoms with E-state index in [9.17, 15) is 9.90 Å². The Morgan fingerprint density at radius 3 is 2.78 bits per heavy atom. The van der Waals surface area contributed by atoms with E-state index in [0.717, 1.165) is 16.6 Å². The second kappa shape index (κ2) is 7.28. The van der Waals surface area contributed by atoms with E-state index in [1.165, 1.54) is 6.08 Å². The van der Waals surface area contributed by atoms with Crippen LogP contribution in [0.2, 0.25) is 0 Å². The second-order valence-electron chi connectivity index (χ2n) is 5.42. The Hall–Kier alpha value is -2.34. The van der Waals surface area contributed by atoms with E-state index >= 15 is 0 Å². The number of hydrogen-bond donors (Lipinski definition) is 2. The number of oxazole rings is 1. The van der Waals surface area contributed by atoms with Gasteiger partial charge in [0.1, 0.15) is 12.1 Å². The van der Waals surface area contributed by atoms with E-state index in [-0.39, 0.29) is 12.5 Å². The summed E-state index contributed by atoms with van der Waals surface area (Å²) in [5.74, 6) is 0.188. The summed E-state index contributed by atoms with van der Waals surface area (Å²) >= 11 is 0. The van der Waals surface area contributed by atoms with Crippen LogP contribution in [0.15, 0.2) is 29.2 Å². The van der Waals surface area contributed by atoms with Crippen LogP contribution in [0, 0.1) is 13.8 Å². The summed E-state index contributed by atoms with van der Waals surface area (Å²) in [5, 5.41) is 13.1. The van der Waals surface area contributed by atoms with Gasteiger partial charge < -0.3 is 19.6 Å². The van der Waals surface area contributed by atoms with E-state index in [0.29, 0.717) is 12.0 Å². The van der Waals surface area contributed by atoms with Crippen LogP contribution in [0.1, 0.15) is 36.5 Å². The van der Waals surface area contributed by atoms with Crippen molar-refractivity contribution >= 4 is 17.2 Å². The lowest BCUT2D eigenvalue weighted by molar-refractivity contribution is 0.0896. The van der Waals surface area contributed by atoms with Crippen LogP contribution in [0.5, 0.6) is 0 Å². The van der Waals surface area contributed by atoms with Crippen molar-refractivity contribution in [2.75, 3.05) is 6.61 Å². The molecule has 0 aliphatic heterocycles. The SMILES string of the molecule is C=CCOC(=O)NC(CC)C(O)c1nc2c(C)ccc(C)c2o1. The number of alkyl carbamates (subject to hydrolysis) is 1. The first-order chi connectivity index (χ1) is 11.0. The van der Waals surface area contributed by atoms with Crippen molar-refractivity contribution < 1.29 is 19.1 Å². The molecule has 0 radical (unpaired) electrons. The van der Waals surface area contributed by atoms with Gasteiger partial charge in [-0.3, -0.25) is 0 Å². The summed E-state index contributed by atoms with van der Waals surface area (Å²) in [4.78, 5) is 16.0. The molecule has 0 aliphatic carbocycles. The van der Waals surface area contributed by atoms with Crippen molar-refractivity contribution in [3.8, 4) is 0 Å². The molecule has 2 aromatic rings. The smallest absolute Gasteiger partial charge is 0.407 e. The number of aliphatic hydroxyl groups excluding tert-OH is 1. The van der Waals surface area contributed by atoms with Gasteiger partial charge in [-0.05, 0) is 31.4 Å². The summed E-state index contributed by atoms with van der Waals surface area (Å²) in [6.45, 7) is 9.29. The molecule has 6 heteroatoms. The number of aryl methyl sites for hydroxylation is 2. The lowest BCUT2D eigenvalue weighted by atomic mass is 10.1. The van der Waals surface area contributed by atoms with Crippen LogP contribution in [-0.2, 0) is 4.74 Å². The van der Waals surface area contributed by atoms with Crippen molar-refractivity contribution in [2.24, 2.45) is 0 Å². The molecule has 2 unspecified atom stereocenters. The quantitative estimate of drug-likeness (QED) is 0.799. The largest absolute Gasteiger partial charge is 0.445 e. The summed E-state index contributed by atoms with van der Waals surface area (Å²) in [7, 11) is 0. The molecule has 0 spiro atoms. The van der Waals surface area contributed by atoms with Crippen LogP contribution < -0.4 is 5.32 Å². The maximum atomic E-state index is 11.6. The average molecular weight is 318 g/mol. The number of aliphatic hydroxyl groups is 1. The zero-order chi connectivity index (χ0) is 17.0. The number of rotatable bonds is 6. The highest BCUT2D eigenvalue weighted by atomic mass is 16.5. The summed E-state index contributed by atoms with van der Waals surface area (Å²) in [6.07, 6.45) is 0.312. The fourth-order valence-corrected chi connectivity index (χ4v) is 2.31. The molecule has 0 fully saturated rings. The number of aromatic nitrogens is 1. The normalized spacial score (nSPS) is 13.6. The number of carbonyl (C=O) groups excluding carboxylic acids is 1. The molecule has 1 aromatic heterocycles. The highest BCUT2D eigenvalue weighted by Crippen LogP contribution is 2.27. The van der Waals surface area contributed by atoms with Gasteiger partial charge in [0.25, 0.3) is 0 Å². The number of nitrogens with one attached hydrogen (secondary N) is 1. The number of benzene rings is 1. The first kappa shape index (κ1) is 17.0. The van der Waals surface area contributed by atoms with Gasteiger partial charge in [0.05, 0.1) is 6.04 Å². The minimum atomic E-state index is -1.05. The third-order valence-corrected chi connectivity index (χ3v) is 3.67. The monoisotopic (exact) mass is 318 g/mol. The number of fused-ring (bicyclic) bond motifs is 1. The Morgan fingerprint density at radius 1 is 1.48 bits per heavy atom. The first-order valence-electron chi connectivity index (χ1n) is 7.56. The zero-order valence-corrected chi connectivity index (χ0v) is 13.6. The Bertz CT molecular complexity index is 669. The molecule has 1 amide bonds. The van der Waals surface area contributed by atoms with E-state index < -0.39 is 18.2 Å². The van der Waals surface area contributed by atoms with E-state index in [2.05, 4.69) is 16.9 Å². The predicted octanol–water partition coefficient (Wildman–Crippen LogP) is 3.17. The van der Waals surface area contributed by atoms with Crippen LogP contribution in [0.25, 0.3) is 11.1 Å². The van der Waals surface area contributed by atoms with E-state index in [1.807, 2.05) is 32.9 Å². The molecular formula is C17H22N2O4.